The quantitative estimate of drug-likeness (QED) is 0.480. The fourth-order valence-corrected chi connectivity index (χ4v) is 3.46. The lowest BCUT2D eigenvalue weighted by atomic mass is 10.2. The van der Waals surface area contributed by atoms with Crippen LogP contribution < -0.4 is 4.74 Å². The van der Waals surface area contributed by atoms with E-state index in [0.717, 1.165) is 22.2 Å². The number of thioether (sulfide) groups is 1. The summed E-state index contributed by atoms with van der Waals surface area (Å²) in [4.78, 5) is 37.4. The third-order valence-electron chi connectivity index (χ3n) is 4.02. The van der Waals surface area contributed by atoms with Crippen LogP contribution in [0.15, 0.2) is 53.4 Å². The Bertz CT molecular complexity index is 970. The molecule has 2 amide bonds. The predicted octanol–water partition coefficient (Wildman–Crippen LogP) is 4.39. The zero-order valence-corrected chi connectivity index (χ0v) is 17.3. The van der Waals surface area contributed by atoms with E-state index in [0.29, 0.717) is 17.9 Å². The summed E-state index contributed by atoms with van der Waals surface area (Å²) in [5.41, 5.74) is 1.55. The van der Waals surface area contributed by atoms with Gasteiger partial charge in [-0.25, -0.2) is 4.39 Å². The van der Waals surface area contributed by atoms with Crippen LogP contribution in [-0.4, -0.2) is 34.7 Å². The number of hydrogen-bond donors (Lipinski definition) is 0. The SMILES string of the molecule is CC(C)OC(=O)CN1C(=O)S/C(=C/c2ccc(OCc3ccc(F)cc3)cc2)C1=O. The molecule has 0 bridgehead atoms. The second-order valence-electron chi connectivity index (χ2n) is 6.79. The maximum atomic E-state index is 12.9. The molecule has 0 saturated carbocycles. The number of esters is 1. The van der Waals surface area contributed by atoms with Crippen molar-refractivity contribution in [1.29, 1.82) is 0 Å². The van der Waals surface area contributed by atoms with Crippen molar-refractivity contribution >= 4 is 35.0 Å². The molecule has 0 unspecified atom stereocenters. The van der Waals surface area contributed by atoms with Crippen molar-refractivity contribution in [2.75, 3.05) is 6.54 Å². The van der Waals surface area contributed by atoms with Gasteiger partial charge in [0.2, 0.25) is 0 Å². The molecular weight excluding hydrogens is 409 g/mol. The lowest BCUT2D eigenvalue weighted by Crippen LogP contribution is -2.35. The van der Waals surface area contributed by atoms with Gasteiger partial charge in [0.1, 0.15) is 24.7 Å². The summed E-state index contributed by atoms with van der Waals surface area (Å²) in [5, 5.41) is -0.508. The third-order valence-corrected chi connectivity index (χ3v) is 4.93. The van der Waals surface area contributed by atoms with Crippen molar-refractivity contribution in [1.82, 2.24) is 4.90 Å². The molecule has 0 atom stereocenters. The standard InChI is InChI=1S/C22H20FNO5S/c1-14(2)29-20(25)12-24-21(26)19(30-22(24)27)11-15-5-9-18(10-6-15)28-13-16-3-7-17(23)8-4-16/h3-11,14H,12-13H2,1-2H3/b19-11+. The molecule has 156 valence electrons. The van der Waals surface area contributed by atoms with Gasteiger partial charge in [0.25, 0.3) is 11.1 Å². The summed E-state index contributed by atoms with van der Waals surface area (Å²) in [6, 6.07) is 13.0. The lowest BCUT2D eigenvalue weighted by molar-refractivity contribution is -0.149. The number of nitrogens with zero attached hydrogens (tertiary/aromatic N) is 1. The number of amides is 2. The summed E-state index contributed by atoms with van der Waals surface area (Å²) in [5.74, 6) is -0.844. The van der Waals surface area contributed by atoms with E-state index in [4.69, 9.17) is 9.47 Å². The van der Waals surface area contributed by atoms with Gasteiger partial charge >= 0.3 is 5.97 Å². The molecule has 0 radical (unpaired) electrons. The number of hydrogen-bond acceptors (Lipinski definition) is 6. The Balaban J connectivity index is 1.61. The van der Waals surface area contributed by atoms with Crippen LogP contribution in [0.25, 0.3) is 6.08 Å². The van der Waals surface area contributed by atoms with Gasteiger partial charge in [0.05, 0.1) is 11.0 Å². The summed E-state index contributed by atoms with van der Waals surface area (Å²) in [6.45, 7) is 3.28. The first kappa shape index (κ1) is 21.6. The van der Waals surface area contributed by atoms with Crippen LogP contribution >= 0.6 is 11.8 Å². The molecule has 0 aliphatic carbocycles. The van der Waals surface area contributed by atoms with E-state index in [1.54, 1.807) is 56.3 Å². The molecule has 3 rings (SSSR count). The van der Waals surface area contributed by atoms with E-state index < -0.39 is 23.7 Å². The van der Waals surface area contributed by atoms with Gasteiger partial charge in [0.15, 0.2) is 0 Å². The van der Waals surface area contributed by atoms with Gasteiger partial charge in [-0.15, -0.1) is 0 Å². The molecular formula is C22H20FNO5S. The topological polar surface area (TPSA) is 72.9 Å². The first-order chi connectivity index (χ1) is 14.3. The first-order valence-corrected chi connectivity index (χ1v) is 10.1. The second kappa shape index (κ2) is 9.58. The fraction of sp³-hybridized carbons (Fsp3) is 0.227. The van der Waals surface area contributed by atoms with Crippen LogP contribution in [0.4, 0.5) is 9.18 Å². The maximum Gasteiger partial charge on any atom is 0.326 e. The van der Waals surface area contributed by atoms with Crippen LogP contribution in [0, 0.1) is 5.82 Å². The first-order valence-electron chi connectivity index (χ1n) is 9.24. The molecule has 6 nitrogen and oxygen atoms in total. The Morgan fingerprint density at radius 3 is 2.40 bits per heavy atom. The maximum absolute atomic E-state index is 12.9. The highest BCUT2D eigenvalue weighted by Crippen LogP contribution is 2.32. The van der Waals surface area contributed by atoms with E-state index >= 15 is 0 Å². The van der Waals surface area contributed by atoms with E-state index in [2.05, 4.69) is 0 Å². The minimum absolute atomic E-state index is 0.234. The van der Waals surface area contributed by atoms with Crippen molar-refractivity contribution in [2.24, 2.45) is 0 Å². The number of carbonyl (C=O) groups is 3. The molecule has 30 heavy (non-hydrogen) atoms. The Labute approximate surface area is 177 Å². The fourth-order valence-electron chi connectivity index (χ4n) is 2.62. The van der Waals surface area contributed by atoms with Crippen molar-refractivity contribution < 1.29 is 28.2 Å². The third kappa shape index (κ3) is 5.70. The van der Waals surface area contributed by atoms with Gasteiger partial charge in [-0.1, -0.05) is 24.3 Å². The summed E-state index contributed by atoms with van der Waals surface area (Å²) < 4.78 is 23.6. The van der Waals surface area contributed by atoms with Crippen molar-refractivity contribution in [3.8, 4) is 5.75 Å². The second-order valence-corrected chi connectivity index (χ2v) is 7.78. The normalized spacial score (nSPS) is 15.2. The van der Waals surface area contributed by atoms with Gasteiger partial charge in [-0.05, 0) is 67.1 Å². The van der Waals surface area contributed by atoms with E-state index in [1.807, 2.05) is 0 Å². The van der Waals surface area contributed by atoms with E-state index in [9.17, 15) is 18.8 Å². The van der Waals surface area contributed by atoms with Gasteiger partial charge in [0, 0.05) is 0 Å². The molecule has 1 heterocycles. The molecule has 2 aromatic carbocycles. The van der Waals surface area contributed by atoms with Crippen LogP contribution in [0.2, 0.25) is 0 Å². The Hall–Kier alpha value is -3.13. The Morgan fingerprint density at radius 2 is 1.77 bits per heavy atom. The lowest BCUT2D eigenvalue weighted by Gasteiger charge is -2.13. The minimum atomic E-state index is -0.629. The van der Waals surface area contributed by atoms with Gasteiger partial charge in [-0.3, -0.25) is 19.3 Å². The number of imide groups is 1. The highest BCUT2D eigenvalue weighted by atomic mass is 32.2. The van der Waals surface area contributed by atoms with Crippen molar-refractivity contribution in [3.63, 3.8) is 0 Å². The average molecular weight is 429 g/mol. The number of ether oxygens (including phenoxy) is 2. The van der Waals surface area contributed by atoms with Crippen molar-refractivity contribution in [3.05, 3.63) is 70.4 Å². The average Bonchev–Trinajstić information content (AvgIpc) is 2.95. The number of rotatable bonds is 7. The van der Waals surface area contributed by atoms with E-state index in [1.165, 1.54) is 12.1 Å². The van der Waals surface area contributed by atoms with Crippen LogP contribution in [-0.2, 0) is 20.9 Å². The molecule has 1 aliphatic rings. The predicted molar refractivity (Wildman–Crippen MR) is 111 cm³/mol. The van der Waals surface area contributed by atoms with Gasteiger partial charge < -0.3 is 9.47 Å². The van der Waals surface area contributed by atoms with Gasteiger partial charge in [-0.2, -0.15) is 0 Å². The Kier molecular flexibility index (Phi) is 6.89. The molecule has 0 N–H and O–H groups in total. The van der Waals surface area contributed by atoms with Crippen LogP contribution in [0.1, 0.15) is 25.0 Å². The molecule has 1 aliphatic heterocycles. The smallest absolute Gasteiger partial charge is 0.326 e. The largest absolute Gasteiger partial charge is 0.489 e. The van der Waals surface area contributed by atoms with E-state index in [-0.39, 0.29) is 16.8 Å². The molecule has 1 fully saturated rings. The molecule has 2 aromatic rings. The number of halogens is 1. The molecule has 0 spiro atoms. The monoisotopic (exact) mass is 429 g/mol. The zero-order valence-electron chi connectivity index (χ0n) is 16.5. The number of benzene rings is 2. The summed E-state index contributed by atoms with van der Waals surface area (Å²) in [6.07, 6.45) is 1.26. The highest BCUT2D eigenvalue weighted by molar-refractivity contribution is 8.18. The van der Waals surface area contributed by atoms with Crippen LogP contribution in [0.5, 0.6) is 5.75 Å². The molecule has 1 saturated heterocycles. The zero-order chi connectivity index (χ0) is 21.7. The number of carbonyl (C=O) groups excluding carboxylic acids is 3. The summed E-state index contributed by atoms with van der Waals surface area (Å²) in [7, 11) is 0. The molecule has 8 heteroatoms. The molecule has 0 aromatic heterocycles. The summed E-state index contributed by atoms with van der Waals surface area (Å²) >= 11 is 0.779. The minimum Gasteiger partial charge on any atom is -0.489 e. The van der Waals surface area contributed by atoms with Crippen molar-refractivity contribution in [2.45, 2.75) is 26.6 Å². The Morgan fingerprint density at radius 1 is 1.10 bits per heavy atom. The van der Waals surface area contributed by atoms with Crippen LogP contribution in [0.3, 0.4) is 0 Å². The highest BCUT2D eigenvalue weighted by Gasteiger charge is 2.36.